The molecule has 0 bridgehead atoms. The third-order valence-electron chi connectivity index (χ3n) is 3.76. The Labute approximate surface area is 116 Å². The fourth-order valence-electron chi connectivity index (χ4n) is 2.41. The van der Waals surface area contributed by atoms with Gasteiger partial charge in [-0.25, -0.2) is 4.98 Å². The summed E-state index contributed by atoms with van der Waals surface area (Å²) in [7, 11) is 0. The van der Waals surface area contributed by atoms with Gasteiger partial charge in [0.1, 0.15) is 11.6 Å². The number of ketones is 1. The van der Waals surface area contributed by atoms with Gasteiger partial charge in [0.2, 0.25) is 11.0 Å². The maximum Gasteiger partial charge on any atom is 0.229 e. The number of carbonyl (C=O) groups excluding carboxylic acids is 2. The monoisotopic (exact) mass is 279 g/mol. The van der Waals surface area contributed by atoms with Crippen LogP contribution in [0.1, 0.15) is 56.7 Å². The number of nitrogens with zero attached hydrogens (tertiary/aromatic N) is 2. The molecule has 6 heteroatoms. The third kappa shape index (κ3) is 3.18. The molecule has 1 atom stereocenters. The van der Waals surface area contributed by atoms with E-state index >= 15 is 0 Å². The fourth-order valence-corrected chi connectivity index (χ4v) is 3.06. The SMILES string of the molecule is O=C1CCCC(C(=O)Nc2nc(C3CC3)ns2)CC1. The average Bonchev–Trinajstić information content (AvgIpc) is 3.17. The molecule has 1 aromatic rings. The van der Waals surface area contributed by atoms with Gasteiger partial charge in [0, 0.05) is 36.2 Å². The first-order chi connectivity index (χ1) is 9.22. The summed E-state index contributed by atoms with van der Waals surface area (Å²) < 4.78 is 4.27. The second-order valence-corrected chi connectivity index (χ2v) is 6.14. The molecule has 1 amide bonds. The Bertz CT molecular complexity index is 496. The van der Waals surface area contributed by atoms with E-state index in [4.69, 9.17) is 0 Å². The molecule has 3 rings (SSSR count). The molecule has 1 aromatic heterocycles. The lowest BCUT2D eigenvalue weighted by molar-refractivity contribution is -0.120. The number of hydrogen-bond donors (Lipinski definition) is 1. The third-order valence-corrected chi connectivity index (χ3v) is 4.41. The lowest BCUT2D eigenvalue weighted by atomic mass is 10.00. The number of Topliss-reactive ketones (excluding diaryl/α,β-unsaturated/α-hetero) is 1. The summed E-state index contributed by atoms with van der Waals surface area (Å²) in [5.74, 6) is 1.60. The molecular weight excluding hydrogens is 262 g/mol. The quantitative estimate of drug-likeness (QED) is 0.863. The largest absolute Gasteiger partial charge is 0.300 e. The van der Waals surface area contributed by atoms with Crippen molar-refractivity contribution in [2.75, 3.05) is 5.32 Å². The maximum absolute atomic E-state index is 12.1. The minimum Gasteiger partial charge on any atom is -0.300 e. The van der Waals surface area contributed by atoms with Crippen molar-refractivity contribution in [1.29, 1.82) is 0 Å². The van der Waals surface area contributed by atoms with Gasteiger partial charge < -0.3 is 5.32 Å². The molecule has 0 aliphatic heterocycles. The Morgan fingerprint density at radius 2 is 2.05 bits per heavy atom. The minimum absolute atomic E-state index is 0.00630. The summed E-state index contributed by atoms with van der Waals surface area (Å²) in [5.41, 5.74) is 0. The zero-order valence-electron chi connectivity index (χ0n) is 10.7. The molecule has 0 spiro atoms. The van der Waals surface area contributed by atoms with Crippen molar-refractivity contribution in [3.8, 4) is 0 Å². The Hall–Kier alpha value is -1.30. The summed E-state index contributed by atoms with van der Waals surface area (Å²) >= 11 is 1.26. The first kappa shape index (κ1) is 12.7. The molecule has 2 aliphatic carbocycles. The van der Waals surface area contributed by atoms with E-state index in [1.165, 1.54) is 11.5 Å². The Morgan fingerprint density at radius 3 is 2.84 bits per heavy atom. The van der Waals surface area contributed by atoms with Gasteiger partial charge in [-0.05, 0) is 32.1 Å². The van der Waals surface area contributed by atoms with E-state index in [2.05, 4.69) is 14.7 Å². The number of rotatable bonds is 3. The van der Waals surface area contributed by atoms with Crippen molar-refractivity contribution in [2.24, 2.45) is 5.92 Å². The van der Waals surface area contributed by atoms with Crippen LogP contribution in [0, 0.1) is 5.92 Å². The van der Waals surface area contributed by atoms with E-state index in [-0.39, 0.29) is 17.6 Å². The van der Waals surface area contributed by atoms with Crippen LogP contribution in [-0.2, 0) is 9.59 Å². The van der Waals surface area contributed by atoms with Crippen LogP contribution in [0.4, 0.5) is 5.13 Å². The number of aromatic nitrogens is 2. The van der Waals surface area contributed by atoms with Gasteiger partial charge in [-0.2, -0.15) is 4.37 Å². The average molecular weight is 279 g/mol. The molecule has 2 saturated carbocycles. The minimum atomic E-state index is -0.0558. The van der Waals surface area contributed by atoms with Crippen LogP contribution >= 0.6 is 11.5 Å². The molecule has 0 aromatic carbocycles. The van der Waals surface area contributed by atoms with E-state index in [1.807, 2.05) is 0 Å². The number of anilines is 1. The summed E-state index contributed by atoms with van der Waals surface area (Å²) in [6, 6.07) is 0. The Morgan fingerprint density at radius 1 is 1.21 bits per heavy atom. The van der Waals surface area contributed by atoms with Crippen molar-refractivity contribution in [3.05, 3.63) is 5.82 Å². The highest BCUT2D eigenvalue weighted by atomic mass is 32.1. The van der Waals surface area contributed by atoms with Gasteiger partial charge in [0.05, 0.1) is 0 Å². The number of nitrogens with one attached hydrogen (secondary N) is 1. The highest BCUT2D eigenvalue weighted by Crippen LogP contribution is 2.39. The van der Waals surface area contributed by atoms with Crippen LogP contribution < -0.4 is 5.32 Å². The van der Waals surface area contributed by atoms with Crippen LogP contribution in [0.2, 0.25) is 0 Å². The van der Waals surface area contributed by atoms with Gasteiger partial charge >= 0.3 is 0 Å². The van der Waals surface area contributed by atoms with Gasteiger partial charge in [-0.15, -0.1) is 0 Å². The van der Waals surface area contributed by atoms with Crippen LogP contribution in [-0.4, -0.2) is 21.0 Å². The van der Waals surface area contributed by atoms with E-state index in [1.54, 1.807) is 0 Å². The molecule has 102 valence electrons. The van der Waals surface area contributed by atoms with Crippen LogP contribution in [0.5, 0.6) is 0 Å². The van der Waals surface area contributed by atoms with Crippen molar-refractivity contribution < 1.29 is 9.59 Å². The molecule has 19 heavy (non-hydrogen) atoms. The van der Waals surface area contributed by atoms with Gasteiger partial charge in [0.15, 0.2) is 0 Å². The van der Waals surface area contributed by atoms with Crippen molar-refractivity contribution >= 4 is 28.4 Å². The molecule has 1 heterocycles. The number of amides is 1. The lowest BCUT2D eigenvalue weighted by Gasteiger charge is -2.11. The van der Waals surface area contributed by atoms with Crippen molar-refractivity contribution in [3.63, 3.8) is 0 Å². The van der Waals surface area contributed by atoms with Gasteiger partial charge in [0.25, 0.3) is 0 Å². The van der Waals surface area contributed by atoms with E-state index in [9.17, 15) is 9.59 Å². The van der Waals surface area contributed by atoms with Crippen molar-refractivity contribution in [2.45, 2.75) is 50.9 Å². The normalized spacial score (nSPS) is 24.0. The summed E-state index contributed by atoms with van der Waals surface area (Å²) in [6.07, 6.45) is 5.75. The Kier molecular flexibility index (Phi) is 3.59. The smallest absolute Gasteiger partial charge is 0.229 e. The zero-order valence-corrected chi connectivity index (χ0v) is 11.5. The van der Waals surface area contributed by atoms with Crippen LogP contribution in [0.3, 0.4) is 0 Å². The summed E-state index contributed by atoms with van der Waals surface area (Å²) in [4.78, 5) is 27.8. The zero-order chi connectivity index (χ0) is 13.2. The second kappa shape index (κ2) is 5.36. The van der Waals surface area contributed by atoms with E-state index in [0.29, 0.717) is 30.3 Å². The summed E-state index contributed by atoms with van der Waals surface area (Å²) in [5, 5.41) is 3.45. The topological polar surface area (TPSA) is 72.0 Å². The molecule has 0 radical (unpaired) electrons. The molecule has 5 nitrogen and oxygen atoms in total. The number of hydrogen-bond acceptors (Lipinski definition) is 5. The second-order valence-electron chi connectivity index (χ2n) is 5.39. The van der Waals surface area contributed by atoms with Gasteiger partial charge in [-0.3, -0.25) is 9.59 Å². The van der Waals surface area contributed by atoms with Crippen LogP contribution in [0.25, 0.3) is 0 Å². The first-order valence-corrected chi connectivity index (χ1v) is 7.66. The first-order valence-electron chi connectivity index (χ1n) is 6.88. The molecular formula is C13H17N3O2S. The summed E-state index contributed by atoms with van der Waals surface area (Å²) in [6.45, 7) is 0. The number of carbonyl (C=O) groups is 2. The van der Waals surface area contributed by atoms with Crippen molar-refractivity contribution in [1.82, 2.24) is 9.36 Å². The molecule has 1 N–H and O–H groups in total. The highest BCUT2D eigenvalue weighted by molar-refractivity contribution is 7.09. The van der Waals surface area contributed by atoms with Gasteiger partial charge in [-0.1, -0.05) is 0 Å². The predicted molar refractivity (Wildman–Crippen MR) is 72.1 cm³/mol. The van der Waals surface area contributed by atoms with E-state index in [0.717, 1.165) is 31.5 Å². The Balaban J connectivity index is 1.58. The highest BCUT2D eigenvalue weighted by Gasteiger charge is 2.29. The van der Waals surface area contributed by atoms with E-state index < -0.39 is 0 Å². The fraction of sp³-hybridized carbons (Fsp3) is 0.692. The molecule has 2 fully saturated rings. The molecule has 0 saturated heterocycles. The predicted octanol–water partition coefficient (Wildman–Crippen LogP) is 2.50. The molecule has 1 unspecified atom stereocenters. The lowest BCUT2D eigenvalue weighted by Crippen LogP contribution is -2.22. The molecule has 2 aliphatic rings. The maximum atomic E-state index is 12.1. The van der Waals surface area contributed by atoms with Crippen LogP contribution in [0.15, 0.2) is 0 Å². The standard InChI is InChI=1S/C13H17N3O2S/c17-10-3-1-2-9(6-7-10)12(18)15-13-14-11(16-19-13)8-4-5-8/h8-9H,1-7H2,(H,14,15,16,18).